The lowest BCUT2D eigenvalue weighted by Gasteiger charge is -2.37. The van der Waals surface area contributed by atoms with Crippen LogP contribution < -0.4 is 26.0 Å². The van der Waals surface area contributed by atoms with Gasteiger partial charge in [0.1, 0.15) is 29.0 Å². The zero-order valence-electron chi connectivity index (χ0n) is 37.6. The number of carbonyl (C=O) groups excluding carboxylic acids is 6. The van der Waals surface area contributed by atoms with Crippen molar-refractivity contribution in [1.29, 1.82) is 0 Å². The van der Waals surface area contributed by atoms with Crippen molar-refractivity contribution in [1.82, 2.24) is 26.2 Å². The van der Waals surface area contributed by atoms with Gasteiger partial charge in [-0.15, -0.1) is 0 Å². The number of azide groups is 1. The van der Waals surface area contributed by atoms with Crippen LogP contribution in [0, 0.1) is 5.92 Å². The normalized spacial score (nSPS) is 15.7. The maximum Gasteiger partial charge on any atom is 0.408 e. The van der Waals surface area contributed by atoms with Crippen molar-refractivity contribution in [2.45, 2.75) is 143 Å². The van der Waals surface area contributed by atoms with Crippen molar-refractivity contribution < 1.29 is 43.0 Å². The lowest BCUT2D eigenvalue weighted by molar-refractivity contribution is -0.146. The molecule has 1 heterocycles. The Morgan fingerprint density at radius 3 is 2.27 bits per heavy atom. The first-order valence-corrected chi connectivity index (χ1v) is 21.5. The molecule has 0 unspecified atom stereocenters. The average molecular weight is 863 g/mol. The topological polar surface area (TPSA) is 230 Å². The second kappa shape index (κ2) is 24.6. The van der Waals surface area contributed by atoms with E-state index in [0.717, 1.165) is 28.7 Å². The molecule has 5 amide bonds. The van der Waals surface area contributed by atoms with Crippen molar-refractivity contribution >= 4 is 35.7 Å². The van der Waals surface area contributed by atoms with E-state index in [4.69, 9.17) is 19.7 Å². The molecular formula is C45H66N8O9. The van der Waals surface area contributed by atoms with Gasteiger partial charge in [-0.1, -0.05) is 55.7 Å². The van der Waals surface area contributed by atoms with E-state index < -0.39 is 41.1 Å². The van der Waals surface area contributed by atoms with Crippen molar-refractivity contribution in [3.63, 3.8) is 0 Å². The van der Waals surface area contributed by atoms with Crippen LogP contribution in [-0.2, 0) is 59.4 Å². The Labute approximate surface area is 365 Å². The third-order valence-corrected chi connectivity index (χ3v) is 10.6. The minimum Gasteiger partial charge on any atom is -0.497 e. The second-order valence-electron chi connectivity index (χ2n) is 17.0. The summed E-state index contributed by atoms with van der Waals surface area (Å²) in [6.07, 6.45) is 3.46. The van der Waals surface area contributed by atoms with E-state index in [1.165, 1.54) is 4.90 Å². The summed E-state index contributed by atoms with van der Waals surface area (Å²) in [4.78, 5) is 83.5. The minimum absolute atomic E-state index is 0.0775. The minimum atomic E-state index is -1.21. The molecule has 0 spiro atoms. The van der Waals surface area contributed by atoms with Crippen LogP contribution in [0.5, 0.6) is 5.75 Å². The number of hydrogen-bond donors (Lipinski definition) is 4. The fraction of sp³-hybridized carbons (Fsp3) is 0.600. The van der Waals surface area contributed by atoms with Gasteiger partial charge in [0.2, 0.25) is 23.6 Å². The number of nitrogens with one attached hydrogen (secondary N) is 4. The molecule has 2 aromatic rings. The van der Waals surface area contributed by atoms with Gasteiger partial charge >= 0.3 is 12.1 Å². The molecule has 17 heteroatoms. The van der Waals surface area contributed by atoms with Gasteiger partial charge in [0.25, 0.3) is 0 Å². The molecule has 0 bridgehead atoms. The molecule has 4 N–H and O–H groups in total. The summed E-state index contributed by atoms with van der Waals surface area (Å²) in [5, 5.41) is 15.2. The van der Waals surface area contributed by atoms with E-state index in [9.17, 15) is 28.8 Å². The zero-order valence-corrected chi connectivity index (χ0v) is 37.6. The number of methoxy groups -OCH3 is 1. The van der Waals surface area contributed by atoms with Crippen molar-refractivity contribution in [3.8, 4) is 5.75 Å². The summed E-state index contributed by atoms with van der Waals surface area (Å²) >= 11 is 0. The third-order valence-electron chi connectivity index (χ3n) is 10.6. The predicted octanol–water partition coefficient (Wildman–Crippen LogP) is 5.95. The summed E-state index contributed by atoms with van der Waals surface area (Å²) in [6, 6.07) is 10.7. The second-order valence-corrected chi connectivity index (χ2v) is 17.0. The van der Waals surface area contributed by atoms with Gasteiger partial charge in [0, 0.05) is 43.8 Å². The lowest BCUT2D eigenvalue weighted by Crippen LogP contribution is -2.62. The Morgan fingerprint density at radius 1 is 0.935 bits per heavy atom. The number of alkyl carbamates (subject to hydrolysis) is 1. The molecule has 0 aromatic heterocycles. The van der Waals surface area contributed by atoms with Crippen molar-refractivity contribution in [2.75, 3.05) is 26.8 Å². The Hall–Kier alpha value is -5.83. The summed E-state index contributed by atoms with van der Waals surface area (Å²) in [5.41, 5.74) is 10.2. The van der Waals surface area contributed by atoms with Gasteiger partial charge in [0.05, 0.1) is 20.3 Å². The van der Waals surface area contributed by atoms with E-state index in [1.807, 2.05) is 18.2 Å². The number of esters is 1. The maximum atomic E-state index is 14.5. The number of ether oxygens (including phenoxy) is 3. The first-order chi connectivity index (χ1) is 29.4. The van der Waals surface area contributed by atoms with Crippen LogP contribution >= 0.6 is 0 Å². The van der Waals surface area contributed by atoms with Gasteiger partial charge in [-0.3, -0.25) is 24.0 Å². The summed E-state index contributed by atoms with van der Waals surface area (Å²) < 4.78 is 15.6. The van der Waals surface area contributed by atoms with Gasteiger partial charge < -0.3 is 40.4 Å². The van der Waals surface area contributed by atoms with Crippen molar-refractivity contribution in [2.24, 2.45) is 11.0 Å². The van der Waals surface area contributed by atoms with Crippen LogP contribution in [-0.4, -0.2) is 90.6 Å². The molecule has 1 fully saturated rings. The highest BCUT2D eigenvalue weighted by Crippen LogP contribution is 2.31. The van der Waals surface area contributed by atoms with E-state index in [1.54, 1.807) is 79.8 Å². The standard InChI is InChI=1S/C45H66N8O9/c1-9-61-38(55)15-12-10-11-14-37(54)48-28-33-19-16-32(26-34(33)29-49-52-46)22-24-47-42(58)45(7)23-13-25-53(45)41(57)36(27-31-17-20-35(60-8)21-18-31)50-40(56)39(30(2)3)51-43(59)62-44(4,5)6/h16-21,26,30,36,39H,9-15,22-25,27-29H2,1-8H3,(H,47,58)(H,48,54)(H,50,56)(H,51,59)/t36-,39-,45-/m0/s1. The number of likely N-dealkylation sites (tertiary alicyclic amines) is 1. The van der Waals surface area contributed by atoms with Crippen LogP contribution in [0.3, 0.4) is 0 Å². The number of amides is 5. The van der Waals surface area contributed by atoms with Gasteiger partial charge in [-0.25, -0.2) is 4.79 Å². The third kappa shape index (κ3) is 16.2. The molecule has 0 saturated carbocycles. The van der Waals surface area contributed by atoms with Crippen LogP contribution in [0.1, 0.15) is 116 Å². The van der Waals surface area contributed by atoms with E-state index in [-0.39, 0.29) is 49.8 Å². The van der Waals surface area contributed by atoms with E-state index in [0.29, 0.717) is 63.8 Å². The number of hydrogen-bond acceptors (Lipinski definition) is 10. The quantitative estimate of drug-likeness (QED) is 0.0340. The highest BCUT2D eigenvalue weighted by Gasteiger charge is 2.47. The molecule has 340 valence electrons. The molecule has 0 radical (unpaired) electrons. The monoisotopic (exact) mass is 862 g/mol. The van der Waals surface area contributed by atoms with E-state index >= 15 is 0 Å². The number of unbranched alkanes of at least 4 members (excludes halogenated alkanes) is 2. The molecule has 3 rings (SSSR count). The molecule has 1 saturated heterocycles. The van der Waals surface area contributed by atoms with Crippen LogP contribution in [0.4, 0.5) is 4.79 Å². The van der Waals surface area contributed by atoms with Crippen molar-refractivity contribution in [3.05, 3.63) is 75.2 Å². The molecule has 1 aliphatic heterocycles. The highest BCUT2D eigenvalue weighted by molar-refractivity contribution is 5.96. The van der Waals surface area contributed by atoms with Crippen LogP contribution in [0.15, 0.2) is 47.6 Å². The molecule has 17 nitrogen and oxygen atoms in total. The number of benzene rings is 2. The fourth-order valence-corrected chi connectivity index (χ4v) is 7.19. The lowest BCUT2D eigenvalue weighted by atomic mass is 9.95. The maximum absolute atomic E-state index is 14.5. The molecule has 2 aromatic carbocycles. The Bertz CT molecular complexity index is 1890. The number of nitrogens with zero attached hydrogens (tertiary/aromatic N) is 4. The van der Waals surface area contributed by atoms with Crippen LogP contribution in [0.25, 0.3) is 10.4 Å². The first kappa shape index (κ1) is 50.5. The smallest absolute Gasteiger partial charge is 0.408 e. The summed E-state index contributed by atoms with van der Waals surface area (Å²) in [5.74, 6) is -1.39. The van der Waals surface area contributed by atoms with Gasteiger partial charge in [-0.05, 0) is 113 Å². The zero-order chi connectivity index (χ0) is 45.9. The Balaban J connectivity index is 1.69. The van der Waals surface area contributed by atoms with Gasteiger partial charge in [0.15, 0.2) is 0 Å². The molecular weight excluding hydrogens is 797 g/mol. The summed E-state index contributed by atoms with van der Waals surface area (Å²) in [6.45, 7) is 13.4. The largest absolute Gasteiger partial charge is 0.497 e. The first-order valence-electron chi connectivity index (χ1n) is 21.5. The van der Waals surface area contributed by atoms with Crippen LogP contribution in [0.2, 0.25) is 0 Å². The van der Waals surface area contributed by atoms with Gasteiger partial charge in [-0.2, -0.15) is 0 Å². The molecule has 62 heavy (non-hydrogen) atoms. The predicted molar refractivity (Wildman–Crippen MR) is 234 cm³/mol. The average Bonchev–Trinajstić information content (AvgIpc) is 3.62. The SMILES string of the molecule is CCOC(=O)CCCCCC(=O)NCc1ccc(CCNC(=O)[C@]2(C)CCCN2C(=O)[C@H](Cc2ccc(OC)cc2)NC(=O)[C@@H](NC(=O)OC(C)(C)C)C(C)C)cc1CN=[N+]=[N-]. The Morgan fingerprint density at radius 2 is 1.63 bits per heavy atom. The Kier molecular flexibility index (Phi) is 20.0. The number of carbonyl (C=O) groups is 6. The highest BCUT2D eigenvalue weighted by atomic mass is 16.6. The summed E-state index contributed by atoms with van der Waals surface area (Å²) in [7, 11) is 1.55. The molecule has 0 aliphatic carbocycles. The molecule has 3 atom stereocenters. The van der Waals surface area contributed by atoms with E-state index in [2.05, 4.69) is 31.3 Å². The number of rotatable bonds is 23. The fourth-order valence-electron chi connectivity index (χ4n) is 7.19. The molecule has 1 aliphatic rings.